The maximum atomic E-state index is 5.97. The second-order valence-corrected chi connectivity index (χ2v) is 5.58. The van der Waals surface area contributed by atoms with E-state index in [1.54, 1.807) is 7.11 Å². The highest BCUT2D eigenvalue weighted by Gasteiger charge is 2.31. The van der Waals surface area contributed by atoms with E-state index in [-0.39, 0.29) is 49.0 Å². The van der Waals surface area contributed by atoms with Gasteiger partial charge in [0, 0.05) is 26.2 Å². The van der Waals surface area contributed by atoms with Gasteiger partial charge >= 0.3 is 0 Å². The third-order valence-corrected chi connectivity index (χ3v) is 4.06. The van der Waals surface area contributed by atoms with Crippen LogP contribution in [0.1, 0.15) is 13.3 Å². The zero-order valence-corrected chi connectivity index (χ0v) is 14.8. The number of nitrogens with one attached hydrogen (secondary N) is 1. The molecule has 2 aliphatic heterocycles. The van der Waals surface area contributed by atoms with Crippen LogP contribution >= 0.6 is 24.8 Å². The molecule has 1 aromatic rings. The molecule has 0 amide bonds. The highest BCUT2D eigenvalue weighted by Crippen LogP contribution is 2.38. The second kappa shape index (κ2) is 8.05. The highest BCUT2D eigenvalue weighted by atomic mass is 35.5. The maximum Gasteiger partial charge on any atom is 0.224 e. The molecule has 1 fully saturated rings. The lowest BCUT2D eigenvalue weighted by Gasteiger charge is -2.32. The van der Waals surface area contributed by atoms with E-state index in [4.69, 9.17) is 20.9 Å². The topological polar surface area (TPSA) is 112 Å². The van der Waals surface area contributed by atoms with Crippen molar-refractivity contribution in [2.24, 2.45) is 5.73 Å². The van der Waals surface area contributed by atoms with Crippen LogP contribution in [0.3, 0.4) is 0 Å². The van der Waals surface area contributed by atoms with Crippen LogP contribution in [-0.2, 0) is 4.74 Å². The van der Waals surface area contributed by atoms with E-state index >= 15 is 0 Å². The Bertz CT molecular complexity index is 535. The molecular weight excluding hydrogens is 343 g/mol. The van der Waals surface area contributed by atoms with Crippen molar-refractivity contribution in [3.05, 3.63) is 0 Å². The van der Waals surface area contributed by atoms with Gasteiger partial charge in [0.1, 0.15) is 6.61 Å². The Hall–Kier alpha value is -1.22. The van der Waals surface area contributed by atoms with Crippen molar-refractivity contribution in [1.82, 2.24) is 9.97 Å². The molecule has 0 saturated carbocycles. The Morgan fingerprint density at radius 2 is 2.13 bits per heavy atom. The molecule has 10 heteroatoms. The standard InChI is InChI=1S/C13H22N6O2.2ClH/c1-7(20-2)9-6-21-10-11(16-9)17-13(15)18-12(10)19-4-3-8(14)5-19;;/h7-9H,3-6,14H2,1-2H3,(H3,15,16,17,18);2*1H/t7-,8+,9-;;/m0../s1. The first-order valence-electron chi connectivity index (χ1n) is 7.18. The molecule has 0 spiro atoms. The Morgan fingerprint density at radius 3 is 2.74 bits per heavy atom. The molecule has 3 rings (SSSR count). The van der Waals surface area contributed by atoms with Gasteiger partial charge in [-0.3, -0.25) is 0 Å². The first-order valence-corrected chi connectivity index (χ1v) is 7.18. The summed E-state index contributed by atoms with van der Waals surface area (Å²) in [4.78, 5) is 10.7. The number of methoxy groups -OCH3 is 1. The van der Waals surface area contributed by atoms with E-state index in [2.05, 4.69) is 20.2 Å². The van der Waals surface area contributed by atoms with Gasteiger partial charge < -0.3 is 31.2 Å². The van der Waals surface area contributed by atoms with E-state index in [1.807, 2.05) is 6.92 Å². The van der Waals surface area contributed by atoms with Crippen molar-refractivity contribution >= 4 is 42.4 Å². The van der Waals surface area contributed by atoms with Crippen LogP contribution in [0, 0.1) is 0 Å². The highest BCUT2D eigenvalue weighted by molar-refractivity contribution is 5.85. The molecule has 0 radical (unpaired) electrons. The summed E-state index contributed by atoms with van der Waals surface area (Å²) in [6.07, 6.45) is 0.952. The molecule has 2 aliphatic rings. The van der Waals surface area contributed by atoms with E-state index in [0.717, 1.165) is 25.3 Å². The van der Waals surface area contributed by atoms with Crippen molar-refractivity contribution in [3.8, 4) is 5.75 Å². The van der Waals surface area contributed by atoms with Crippen molar-refractivity contribution in [1.29, 1.82) is 0 Å². The summed E-state index contributed by atoms with van der Waals surface area (Å²) in [7, 11) is 1.67. The summed E-state index contributed by atoms with van der Waals surface area (Å²) in [5, 5.41) is 3.32. The molecular formula is C13H24Cl2N6O2. The predicted octanol–water partition coefficient (Wildman–Crippen LogP) is 0.648. The predicted molar refractivity (Wildman–Crippen MR) is 95.1 cm³/mol. The van der Waals surface area contributed by atoms with Crippen molar-refractivity contribution in [2.75, 3.05) is 42.8 Å². The monoisotopic (exact) mass is 366 g/mol. The van der Waals surface area contributed by atoms with Crippen LogP contribution in [-0.4, -0.2) is 55.0 Å². The van der Waals surface area contributed by atoms with E-state index in [0.29, 0.717) is 18.2 Å². The second-order valence-electron chi connectivity index (χ2n) is 5.58. The maximum absolute atomic E-state index is 5.97. The minimum Gasteiger partial charge on any atom is -0.484 e. The van der Waals surface area contributed by atoms with Gasteiger partial charge in [0.05, 0.1) is 12.1 Å². The van der Waals surface area contributed by atoms with Gasteiger partial charge in [-0.15, -0.1) is 24.8 Å². The zero-order chi connectivity index (χ0) is 15.0. The molecule has 0 aromatic carbocycles. The molecule has 0 bridgehead atoms. The quantitative estimate of drug-likeness (QED) is 0.714. The van der Waals surface area contributed by atoms with Gasteiger partial charge in [-0.05, 0) is 13.3 Å². The van der Waals surface area contributed by atoms with Gasteiger partial charge in [0.15, 0.2) is 11.6 Å². The molecule has 132 valence electrons. The Morgan fingerprint density at radius 1 is 1.39 bits per heavy atom. The molecule has 8 nitrogen and oxygen atoms in total. The van der Waals surface area contributed by atoms with E-state index < -0.39 is 0 Å². The van der Waals surface area contributed by atoms with Crippen molar-refractivity contribution in [3.63, 3.8) is 0 Å². The van der Waals surface area contributed by atoms with E-state index in [1.165, 1.54) is 0 Å². The number of anilines is 3. The summed E-state index contributed by atoms with van der Waals surface area (Å²) in [5.74, 6) is 2.23. The number of nitrogens with zero attached hydrogens (tertiary/aromatic N) is 3. The molecule has 1 saturated heterocycles. The smallest absolute Gasteiger partial charge is 0.224 e. The zero-order valence-electron chi connectivity index (χ0n) is 13.2. The average molecular weight is 367 g/mol. The lowest BCUT2D eigenvalue weighted by molar-refractivity contribution is 0.0804. The molecule has 3 atom stereocenters. The number of rotatable bonds is 3. The first kappa shape index (κ1) is 19.8. The van der Waals surface area contributed by atoms with Gasteiger partial charge in [0.25, 0.3) is 0 Å². The third-order valence-electron chi connectivity index (χ3n) is 4.06. The van der Waals surface area contributed by atoms with Crippen molar-refractivity contribution < 1.29 is 9.47 Å². The molecule has 0 unspecified atom stereocenters. The molecule has 0 aliphatic carbocycles. The third kappa shape index (κ3) is 4.00. The number of nitrogen functional groups attached to an aromatic ring is 1. The SMILES string of the molecule is CO[C@@H](C)[C@@H]1COc2c(nc(N)nc2N2CC[C@@H](N)C2)N1.Cl.Cl. The van der Waals surface area contributed by atoms with Crippen molar-refractivity contribution in [2.45, 2.75) is 31.5 Å². The number of fused-ring (bicyclic) bond motifs is 1. The summed E-state index contributed by atoms with van der Waals surface area (Å²) in [6, 6.07) is 0.195. The van der Waals surface area contributed by atoms with Gasteiger partial charge in [-0.2, -0.15) is 9.97 Å². The van der Waals surface area contributed by atoms with Gasteiger partial charge in [-0.25, -0.2) is 0 Å². The summed E-state index contributed by atoms with van der Waals surface area (Å²) in [6.45, 7) is 4.09. The number of hydrogen-bond acceptors (Lipinski definition) is 8. The normalized spacial score (nSPS) is 23.7. The van der Waals surface area contributed by atoms with Crippen LogP contribution in [0.25, 0.3) is 0 Å². The summed E-state index contributed by atoms with van der Waals surface area (Å²) < 4.78 is 11.2. The number of nitrogens with two attached hydrogens (primary N) is 2. The Labute approximate surface area is 148 Å². The van der Waals surface area contributed by atoms with E-state index in [9.17, 15) is 0 Å². The fourth-order valence-corrected chi connectivity index (χ4v) is 2.69. The summed E-state index contributed by atoms with van der Waals surface area (Å²) in [5.41, 5.74) is 11.8. The Kier molecular flexibility index (Phi) is 6.94. The average Bonchev–Trinajstić information content (AvgIpc) is 2.91. The fourth-order valence-electron chi connectivity index (χ4n) is 2.69. The van der Waals surface area contributed by atoms with Crippen LogP contribution in [0.5, 0.6) is 5.75 Å². The number of hydrogen-bond donors (Lipinski definition) is 3. The largest absolute Gasteiger partial charge is 0.484 e. The molecule has 1 aromatic heterocycles. The van der Waals surface area contributed by atoms with Crippen LogP contribution in [0.2, 0.25) is 0 Å². The number of halogens is 2. The van der Waals surface area contributed by atoms with Gasteiger partial charge in [-0.1, -0.05) is 0 Å². The minimum atomic E-state index is 0. The number of aromatic nitrogens is 2. The Balaban J connectivity index is 0.00000132. The first-order chi connectivity index (χ1) is 10.1. The molecule has 23 heavy (non-hydrogen) atoms. The number of ether oxygens (including phenoxy) is 2. The van der Waals surface area contributed by atoms with Gasteiger partial charge in [0.2, 0.25) is 11.7 Å². The lowest BCUT2D eigenvalue weighted by atomic mass is 10.1. The van der Waals surface area contributed by atoms with Crippen LogP contribution in [0.4, 0.5) is 17.6 Å². The van der Waals surface area contributed by atoms with Crippen LogP contribution < -0.4 is 26.4 Å². The molecule has 3 heterocycles. The minimum absolute atomic E-state index is 0. The fraction of sp³-hybridized carbons (Fsp3) is 0.692. The summed E-state index contributed by atoms with van der Waals surface area (Å²) >= 11 is 0. The van der Waals surface area contributed by atoms with Crippen LogP contribution in [0.15, 0.2) is 0 Å². The molecule has 5 N–H and O–H groups in total. The lowest BCUT2D eigenvalue weighted by Crippen LogP contribution is -2.42.